The molecule has 36 valence electrons. The molecule has 1 spiro atoms. The second kappa shape index (κ2) is 0.375. The molecule has 0 aromatic rings. The summed E-state index contributed by atoms with van der Waals surface area (Å²) in [7, 11) is 0. The molecule has 0 N–H and O–H groups in total. The van der Waals surface area contributed by atoms with Gasteiger partial charge in [-0.2, -0.15) is 0 Å². The van der Waals surface area contributed by atoms with Gasteiger partial charge in [-0.05, 0) is 41.9 Å². The van der Waals surface area contributed by atoms with Crippen LogP contribution in [-0.2, 0) is 0 Å². The maximum Gasteiger partial charge on any atom is -0.0172 e. The molecule has 4 aliphatic rings. The van der Waals surface area contributed by atoms with Gasteiger partial charge in [0, 0.05) is 0 Å². The van der Waals surface area contributed by atoms with Crippen LogP contribution in [0.4, 0.5) is 0 Å². The molecule has 0 aromatic heterocycles. The third kappa shape index (κ3) is 0.0741. The van der Waals surface area contributed by atoms with Crippen molar-refractivity contribution in [2.24, 2.45) is 29.1 Å². The van der Waals surface area contributed by atoms with Gasteiger partial charge in [0.25, 0.3) is 0 Å². The van der Waals surface area contributed by atoms with Crippen LogP contribution >= 0.6 is 0 Å². The summed E-state index contributed by atoms with van der Waals surface area (Å²) in [5, 5.41) is 0. The fraction of sp³-hybridized carbons (Fsp3) is 1.00. The maximum absolute atomic E-state index is 1.64. The highest BCUT2D eigenvalue weighted by Gasteiger charge is 2.99. The van der Waals surface area contributed by atoms with Crippen molar-refractivity contribution in [2.45, 2.75) is 12.8 Å². The molecule has 0 aliphatic heterocycles. The molecule has 2 atom stereocenters. The van der Waals surface area contributed by atoms with E-state index < -0.39 is 0 Å². The van der Waals surface area contributed by atoms with E-state index in [1.54, 1.807) is 12.8 Å². The smallest absolute Gasteiger partial charge is 0.0172 e. The Hall–Kier alpha value is 0. The molecule has 0 aromatic carbocycles. The Bertz CT molecular complexity index is 153. The largest absolute Gasteiger partial charge is 0.0462 e. The van der Waals surface area contributed by atoms with E-state index in [4.69, 9.17) is 0 Å². The summed E-state index contributed by atoms with van der Waals surface area (Å²) in [6, 6.07) is 0. The van der Waals surface area contributed by atoms with E-state index in [1.165, 1.54) is 23.7 Å². The van der Waals surface area contributed by atoms with Crippen molar-refractivity contribution in [3.63, 3.8) is 0 Å². The molecule has 4 saturated carbocycles. The van der Waals surface area contributed by atoms with E-state index in [0.29, 0.717) is 0 Å². The van der Waals surface area contributed by atoms with Crippen LogP contribution in [0.15, 0.2) is 0 Å². The van der Waals surface area contributed by atoms with Crippen LogP contribution in [0.2, 0.25) is 0 Å². The Morgan fingerprint density at radius 1 is 1.14 bits per heavy atom. The van der Waals surface area contributed by atoms with Gasteiger partial charge >= 0.3 is 0 Å². The van der Waals surface area contributed by atoms with Crippen LogP contribution in [0, 0.1) is 29.1 Å². The molecule has 0 nitrogen and oxygen atoms in total. The minimum Gasteiger partial charge on any atom is -0.0462 e. The summed E-state index contributed by atoms with van der Waals surface area (Å²) in [6.45, 7) is 0. The normalized spacial score (nSPS) is 96.0. The first-order chi connectivity index (χ1) is 3.45. The monoisotopic (exact) mass is 92.1 g/mol. The van der Waals surface area contributed by atoms with Crippen LogP contribution in [0.25, 0.3) is 0 Å². The lowest BCUT2D eigenvalue weighted by atomic mass is 9.57. The lowest BCUT2D eigenvalue weighted by molar-refractivity contribution is 0.0107. The molecular weight excluding hydrogens is 84.1 g/mol. The van der Waals surface area contributed by atoms with Gasteiger partial charge in [-0.3, -0.25) is 0 Å². The summed E-state index contributed by atoms with van der Waals surface area (Å²) in [4.78, 5) is 0. The predicted octanol–water partition coefficient (Wildman–Crippen LogP) is 1.27. The predicted molar refractivity (Wildman–Crippen MR) is 25.6 cm³/mol. The molecule has 4 rings (SSSR count). The van der Waals surface area contributed by atoms with Crippen molar-refractivity contribution >= 4 is 0 Å². The summed E-state index contributed by atoms with van der Waals surface area (Å²) in [5.74, 6) is 5.19. The number of fused-ring (bicyclic) bond motifs is 2. The summed E-state index contributed by atoms with van der Waals surface area (Å²) in [6.07, 6.45) is 3.28. The van der Waals surface area contributed by atoms with Crippen molar-refractivity contribution in [3.05, 3.63) is 0 Å². The molecule has 0 heterocycles. The molecule has 4 aliphatic carbocycles. The molecule has 0 bridgehead atoms. The fourth-order valence-corrected chi connectivity index (χ4v) is 3.88. The second-order valence-corrected chi connectivity index (χ2v) is 3.91. The van der Waals surface area contributed by atoms with Crippen LogP contribution in [0.5, 0.6) is 0 Å². The first-order valence-corrected chi connectivity index (χ1v) is 3.45. The summed E-state index contributed by atoms with van der Waals surface area (Å²) < 4.78 is 0. The van der Waals surface area contributed by atoms with Gasteiger partial charge < -0.3 is 0 Å². The summed E-state index contributed by atoms with van der Waals surface area (Å²) >= 11 is 0. The lowest BCUT2D eigenvalue weighted by Crippen LogP contribution is -2.40. The minimum absolute atomic E-state index is 1.11. The maximum atomic E-state index is 1.64. The number of hydrogen-bond donors (Lipinski definition) is 0. The average molecular weight is 92.1 g/mol. The lowest BCUT2D eigenvalue weighted by Gasteiger charge is -2.47. The number of hydrogen-bond acceptors (Lipinski definition) is 0. The Morgan fingerprint density at radius 3 is 1.86 bits per heavy atom. The van der Waals surface area contributed by atoms with Gasteiger partial charge in [-0.25, -0.2) is 0 Å². The summed E-state index contributed by atoms with van der Waals surface area (Å²) in [5.41, 5.74) is 1.11. The fourth-order valence-electron chi connectivity index (χ4n) is 3.88. The van der Waals surface area contributed by atoms with Crippen molar-refractivity contribution in [3.8, 4) is 0 Å². The van der Waals surface area contributed by atoms with Crippen molar-refractivity contribution in [1.29, 1.82) is 0 Å². The van der Waals surface area contributed by atoms with Gasteiger partial charge in [0.15, 0.2) is 0 Å². The third-order valence-electron chi connectivity index (χ3n) is 4.29. The average Bonchev–Trinajstić information content (AvgIpc) is 2.47. The zero-order chi connectivity index (χ0) is 4.22. The quantitative estimate of drug-likeness (QED) is 0.422. The van der Waals surface area contributed by atoms with Crippen LogP contribution in [0.1, 0.15) is 12.8 Å². The molecule has 0 radical (unpaired) electrons. The zero-order valence-corrected chi connectivity index (χ0v) is 4.22. The molecule has 0 heteroatoms. The molecule has 2 unspecified atom stereocenters. The van der Waals surface area contributed by atoms with E-state index in [1.807, 2.05) is 0 Å². The van der Waals surface area contributed by atoms with Crippen molar-refractivity contribution in [2.75, 3.05) is 0 Å². The highest BCUT2D eigenvalue weighted by Crippen LogP contribution is 3.03. The first-order valence-electron chi connectivity index (χ1n) is 3.45. The first kappa shape index (κ1) is 2.52. The van der Waals surface area contributed by atoms with Crippen LogP contribution in [-0.4, -0.2) is 0 Å². The third-order valence-corrected chi connectivity index (χ3v) is 4.29. The van der Waals surface area contributed by atoms with Gasteiger partial charge in [0.2, 0.25) is 0 Å². The van der Waals surface area contributed by atoms with Crippen LogP contribution in [0.3, 0.4) is 0 Å². The highest BCUT2D eigenvalue weighted by molar-refractivity contribution is 5.46. The molecule has 0 saturated heterocycles. The highest BCUT2D eigenvalue weighted by atomic mass is 15.0. The van der Waals surface area contributed by atoms with E-state index in [0.717, 1.165) is 5.41 Å². The van der Waals surface area contributed by atoms with Gasteiger partial charge in [0.1, 0.15) is 0 Å². The van der Waals surface area contributed by atoms with E-state index in [9.17, 15) is 0 Å². The Labute approximate surface area is 42.9 Å². The number of rotatable bonds is 0. The molecule has 7 heavy (non-hydrogen) atoms. The standard InChI is InChI=1S/C7H8/c1-3-2-5-6-4(1)7(3,5)6/h3-6H,1-2H2. The zero-order valence-electron chi connectivity index (χ0n) is 4.22. The van der Waals surface area contributed by atoms with Gasteiger partial charge in [-0.15, -0.1) is 0 Å². The Kier molecular flexibility index (Phi) is 0.135. The van der Waals surface area contributed by atoms with Gasteiger partial charge in [0.05, 0.1) is 0 Å². The Morgan fingerprint density at radius 2 is 1.86 bits per heavy atom. The van der Waals surface area contributed by atoms with E-state index >= 15 is 0 Å². The van der Waals surface area contributed by atoms with Crippen molar-refractivity contribution < 1.29 is 0 Å². The SMILES string of the molecule is C1C2CC3C4C1C234. The van der Waals surface area contributed by atoms with E-state index in [-0.39, 0.29) is 0 Å². The molecule has 0 amide bonds. The van der Waals surface area contributed by atoms with E-state index in [2.05, 4.69) is 0 Å². The van der Waals surface area contributed by atoms with Crippen molar-refractivity contribution in [1.82, 2.24) is 0 Å². The minimum atomic E-state index is 1.11. The topological polar surface area (TPSA) is 0 Å². The molecule has 4 fully saturated rings. The second-order valence-electron chi connectivity index (χ2n) is 3.91. The van der Waals surface area contributed by atoms with Crippen LogP contribution < -0.4 is 0 Å². The molecular formula is C7H8. The Balaban J connectivity index is 2.12. The van der Waals surface area contributed by atoms with Gasteiger partial charge in [-0.1, -0.05) is 0 Å².